The Kier molecular flexibility index (Phi) is 3.98. The number of aryl methyl sites for hydroxylation is 1. The van der Waals surface area contributed by atoms with Gasteiger partial charge in [-0.2, -0.15) is 0 Å². The highest BCUT2D eigenvalue weighted by molar-refractivity contribution is 5.82. The maximum Gasteiger partial charge on any atom is 0.145 e. The molecule has 0 aliphatic heterocycles. The minimum atomic E-state index is -0.480. The van der Waals surface area contributed by atoms with E-state index in [0.717, 1.165) is 22.2 Å². The number of fused-ring (bicyclic) bond motifs is 1. The van der Waals surface area contributed by atoms with Crippen molar-refractivity contribution < 1.29 is 9.50 Å². The first-order valence-corrected chi connectivity index (χ1v) is 7.30. The summed E-state index contributed by atoms with van der Waals surface area (Å²) in [6.07, 6.45) is 3.58. The van der Waals surface area contributed by atoms with Crippen LogP contribution in [0.2, 0.25) is 0 Å². The summed E-state index contributed by atoms with van der Waals surface area (Å²) in [4.78, 5) is 4.51. The van der Waals surface area contributed by atoms with Gasteiger partial charge in [0.15, 0.2) is 0 Å². The lowest BCUT2D eigenvalue weighted by molar-refractivity contribution is 0.476. The average molecular weight is 308 g/mol. The minimum Gasteiger partial charge on any atom is -0.505 e. The Bertz CT molecular complexity index is 903. The zero-order valence-electron chi connectivity index (χ0n) is 12.8. The van der Waals surface area contributed by atoms with E-state index in [2.05, 4.69) is 4.98 Å². The first-order valence-electron chi connectivity index (χ1n) is 7.30. The second-order valence-electron chi connectivity index (χ2n) is 5.46. The monoisotopic (exact) mass is 308 g/mol. The van der Waals surface area contributed by atoms with Crippen molar-refractivity contribution in [1.82, 2.24) is 4.98 Å². The van der Waals surface area contributed by atoms with Gasteiger partial charge in [-0.25, -0.2) is 9.37 Å². The average Bonchev–Trinajstić information content (AvgIpc) is 2.58. The molecule has 0 spiro atoms. The molecule has 23 heavy (non-hydrogen) atoms. The summed E-state index contributed by atoms with van der Waals surface area (Å²) < 4.78 is 12.7. The third kappa shape index (κ3) is 3.01. The van der Waals surface area contributed by atoms with Crippen molar-refractivity contribution in [2.75, 3.05) is 5.73 Å². The fourth-order valence-corrected chi connectivity index (χ4v) is 2.40. The van der Waals surface area contributed by atoms with Crippen molar-refractivity contribution in [3.63, 3.8) is 0 Å². The molecule has 0 saturated heterocycles. The van der Waals surface area contributed by atoms with Crippen LogP contribution in [0.3, 0.4) is 0 Å². The number of halogens is 1. The Morgan fingerprint density at radius 1 is 1.13 bits per heavy atom. The van der Waals surface area contributed by atoms with E-state index >= 15 is 0 Å². The van der Waals surface area contributed by atoms with Gasteiger partial charge in [-0.1, -0.05) is 24.3 Å². The van der Waals surface area contributed by atoms with Gasteiger partial charge >= 0.3 is 0 Å². The quantitative estimate of drug-likeness (QED) is 0.554. The SMILES string of the molecule is Cc1ccc(C=Cc2ccc3cc(CF)ccc3n2)c(O)c1N. The number of nitrogens with two attached hydrogens (primary N) is 1. The second kappa shape index (κ2) is 6.08. The van der Waals surface area contributed by atoms with Crippen LogP contribution in [0.25, 0.3) is 23.1 Å². The molecule has 0 unspecified atom stereocenters. The number of benzene rings is 2. The van der Waals surface area contributed by atoms with Crippen molar-refractivity contribution in [2.45, 2.75) is 13.6 Å². The summed E-state index contributed by atoms with van der Waals surface area (Å²) in [5.41, 5.74) is 9.89. The molecule has 0 saturated carbocycles. The molecule has 0 radical (unpaired) electrons. The van der Waals surface area contributed by atoms with E-state index in [1.54, 1.807) is 18.2 Å². The van der Waals surface area contributed by atoms with E-state index < -0.39 is 6.67 Å². The fraction of sp³-hybridized carbons (Fsp3) is 0.105. The smallest absolute Gasteiger partial charge is 0.145 e. The number of phenolic OH excluding ortho intramolecular Hbond substituents is 1. The highest BCUT2D eigenvalue weighted by atomic mass is 19.1. The van der Waals surface area contributed by atoms with Crippen molar-refractivity contribution in [3.8, 4) is 5.75 Å². The molecule has 0 amide bonds. The molecule has 4 heteroatoms. The molecule has 0 aliphatic rings. The van der Waals surface area contributed by atoms with Crippen LogP contribution in [0.5, 0.6) is 5.75 Å². The van der Waals surface area contributed by atoms with Crippen LogP contribution in [0, 0.1) is 6.92 Å². The first-order chi connectivity index (χ1) is 11.1. The number of hydrogen-bond donors (Lipinski definition) is 2. The molecule has 0 bridgehead atoms. The fourth-order valence-electron chi connectivity index (χ4n) is 2.40. The van der Waals surface area contributed by atoms with Crippen molar-refractivity contribution >= 4 is 28.7 Å². The standard InChI is InChI=1S/C19H17FN2O/c1-12-2-4-14(19(23)18(12)21)5-7-16-8-6-15-10-13(11-20)3-9-17(15)22-16/h2-10,23H,11,21H2,1H3. The maximum atomic E-state index is 12.7. The Balaban J connectivity index is 1.93. The molecule has 3 rings (SSSR count). The molecular formula is C19H17FN2O. The van der Waals surface area contributed by atoms with Crippen LogP contribution in [-0.2, 0) is 6.67 Å². The van der Waals surface area contributed by atoms with E-state index in [1.807, 2.05) is 43.3 Å². The molecule has 2 aromatic carbocycles. The molecule has 3 nitrogen and oxygen atoms in total. The highest BCUT2D eigenvalue weighted by Crippen LogP contribution is 2.29. The zero-order chi connectivity index (χ0) is 16.4. The lowest BCUT2D eigenvalue weighted by Gasteiger charge is -2.06. The topological polar surface area (TPSA) is 59.1 Å². The van der Waals surface area contributed by atoms with Crippen LogP contribution in [-0.4, -0.2) is 10.1 Å². The number of alkyl halides is 1. The summed E-state index contributed by atoms with van der Waals surface area (Å²) in [7, 11) is 0. The predicted molar refractivity (Wildman–Crippen MR) is 92.7 cm³/mol. The van der Waals surface area contributed by atoms with Crippen LogP contribution >= 0.6 is 0 Å². The van der Waals surface area contributed by atoms with E-state index in [1.165, 1.54) is 0 Å². The Morgan fingerprint density at radius 3 is 2.74 bits per heavy atom. The summed E-state index contributed by atoms with van der Waals surface area (Å²) in [5, 5.41) is 11.0. The third-order valence-corrected chi connectivity index (χ3v) is 3.83. The van der Waals surface area contributed by atoms with E-state index in [4.69, 9.17) is 5.73 Å². The van der Waals surface area contributed by atoms with Crippen LogP contribution < -0.4 is 5.73 Å². The van der Waals surface area contributed by atoms with Gasteiger partial charge in [-0.3, -0.25) is 0 Å². The highest BCUT2D eigenvalue weighted by Gasteiger charge is 2.05. The minimum absolute atomic E-state index is 0.0784. The molecule has 0 aliphatic carbocycles. The van der Waals surface area contributed by atoms with Gasteiger partial charge in [-0.15, -0.1) is 0 Å². The normalized spacial score (nSPS) is 11.4. The number of aromatic nitrogens is 1. The van der Waals surface area contributed by atoms with Crippen LogP contribution in [0.4, 0.5) is 10.1 Å². The molecule has 116 valence electrons. The Labute approximate surface area is 133 Å². The Hall–Kier alpha value is -2.88. The molecule has 3 N–H and O–H groups in total. The summed E-state index contributed by atoms with van der Waals surface area (Å²) in [6.45, 7) is 1.37. The molecule has 0 fully saturated rings. The largest absolute Gasteiger partial charge is 0.505 e. The molecule has 0 atom stereocenters. The summed E-state index contributed by atoms with van der Waals surface area (Å²) in [6, 6.07) is 12.8. The number of anilines is 1. The van der Waals surface area contributed by atoms with Gasteiger partial charge in [0.1, 0.15) is 12.4 Å². The second-order valence-corrected chi connectivity index (χ2v) is 5.46. The van der Waals surface area contributed by atoms with Gasteiger partial charge in [0, 0.05) is 10.9 Å². The first kappa shape index (κ1) is 15.0. The number of rotatable bonds is 3. The summed E-state index contributed by atoms with van der Waals surface area (Å²) >= 11 is 0. The number of aromatic hydroxyl groups is 1. The van der Waals surface area contributed by atoms with Crippen molar-refractivity contribution in [1.29, 1.82) is 0 Å². The molecular weight excluding hydrogens is 291 g/mol. The number of nitrogens with zero attached hydrogens (tertiary/aromatic N) is 1. The van der Waals surface area contributed by atoms with Crippen molar-refractivity contribution in [2.24, 2.45) is 0 Å². The number of phenols is 1. The van der Waals surface area contributed by atoms with Crippen LogP contribution in [0.15, 0.2) is 42.5 Å². The third-order valence-electron chi connectivity index (χ3n) is 3.83. The molecule has 1 heterocycles. The Morgan fingerprint density at radius 2 is 1.96 bits per heavy atom. The van der Waals surface area contributed by atoms with Gasteiger partial charge < -0.3 is 10.8 Å². The summed E-state index contributed by atoms with van der Waals surface area (Å²) in [5.74, 6) is 0.0784. The van der Waals surface area contributed by atoms with E-state index in [9.17, 15) is 9.50 Å². The van der Waals surface area contributed by atoms with Crippen LogP contribution in [0.1, 0.15) is 22.4 Å². The number of pyridine rings is 1. The van der Waals surface area contributed by atoms with Gasteiger partial charge in [0.2, 0.25) is 0 Å². The lowest BCUT2D eigenvalue weighted by atomic mass is 10.1. The van der Waals surface area contributed by atoms with Crippen molar-refractivity contribution in [3.05, 3.63) is 64.8 Å². The number of nitrogen functional groups attached to an aromatic ring is 1. The molecule has 3 aromatic rings. The van der Waals surface area contributed by atoms with E-state index in [-0.39, 0.29) is 5.75 Å². The zero-order valence-corrected chi connectivity index (χ0v) is 12.8. The van der Waals surface area contributed by atoms with E-state index in [0.29, 0.717) is 16.8 Å². The van der Waals surface area contributed by atoms with Gasteiger partial charge in [0.05, 0.1) is 16.9 Å². The van der Waals surface area contributed by atoms with Gasteiger partial charge in [0.25, 0.3) is 0 Å². The number of hydrogen-bond acceptors (Lipinski definition) is 3. The van der Waals surface area contributed by atoms with Gasteiger partial charge in [-0.05, 0) is 48.4 Å². The lowest BCUT2D eigenvalue weighted by Crippen LogP contribution is -1.91. The maximum absolute atomic E-state index is 12.7. The predicted octanol–water partition coefficient (Wildman–Crippen LogP) is 4.47. The molecule has 1 aromatic heterocycles.